The number of nitrogens with one attached hydrogen (secondary N) is 2. The number of fused-ring (bicyclic) bond motifs is 1. The highest BCUT2D eigenvalue weighted by Gasteiger charge is 2.14. The molecule has 0 spiro atoms. The van der Waals surface area contributed by atoms with Crippen molar-refractivity contribution in [1.82, 2.24) is 29.7 Å². The Labute approximate surface area is 165 Å². The van der Waals surface area contributed by atoms with Crippen molar-refractivity contribution in [2.45, 2.75) is 25.9 Å². The lowest BCUT2D eigenvalue weighted by Gasteiger charge is -2.08. The Morgan fingerprint density at radius 2 is 1.82 bits per heavy atom. The van der Waals surface area contributed by atoms with Crippen LogP contribution in [0.5, 0.6) is 0 Å². The van der Waals surface area contributed by atoms with E-state index in [0.717, 1.165) is 28.1 Å². The van der Waals surface area contributed by atoms with E-state index in [4.69, 9.17) is 0 Å². The number of thioether (sulfide) groups is 1. The van der Waals surface area contributed by atoms with Crippen molar-refractivity contribution in [2.24, 2.45) is 0 Å². The van der Waals surface area contributed by atoms with Gasteiger partial charge in [0.1, 0.15) is 5.82 Å². The van der Waals surface area contributed by atoms with Crippen LogP contribution in [0.1, 0.15) is 17.1 Å². The fourth-order valence-corrected chi connectivity index (χ4v) is 3.54. The van der Waals surface area contributed by atoms with E-state index in [0.29, 0.717) is 16.9 Å². The number of imidazole rings is 1. The maximum Gasteiger partial charge on any atom is 0.252 e. The van der Waals surface area contributed by atoms with Crippen molar-refractivity contribution in [3.63, 3.8) is 0 Å². The highest BCUT2D eigenvalue weighted by atomic mass is 32.2. The molecule has 4 rings (SSSR count). The molecule has 142 valence electrons. The van der Waals surface area contributed by atoms with Crippen LogP contribution in [0, 0.1) is 20.8 Å². The van der Waals surface area contributed by atoms with E-state index in [2.05, 4.69) is 30.4 Å². The summed E-state index contributed by atoms with van der Waals surface area (Å²) in [6, 6.07) is 11.5. The molecule has 0 radical (unpaired) electrons. The van der Waals surface area contributed by atoms with Crippen LogP contribution < -0.4 is 5.32 Å². The lowest BCUT2D eigenvalue weighted by molar-refractivity contribution is -0.113. The van der Waals surface area contributed by atoms with Gasteiger partial charge in [-0.2, -0.15) is 9.78 Å². The van der Waals surface area contributed by atoms with Crippen LogP contribution in [0.2, 0.25) is 0 Å². The van der Waals surface area contributed by atoms with Gasteiger partial charge < -0.3 is 10.3 Å². The number of aryl methyl sites for hydroxylation is 3. The first-order valence-corrected chi connectivity index (χ1v) is 9.73. The first kappa shape index (κ1) is 18.2. The molecule has 0 aliphatic carbocycles. The van der Waals surface area contributed by atoms with Gasteiger partial charge in [-0.25, -0.2) is 15.0 Å². The molecule has 2 N–H and O–H groups in total. The number of aromatic nitrogens is 6. The molecule has 1 aromatic carbocycles. The molecule has 0 unspecified atom stereocenters. The summed E-state index contributed by atoms with van der Waals surface area (Å²) < 4.78 is 1.55. The van der Waals surface area contributed by atoms with E-state index in [9.17, 15) is 4.79 Å². The Kier molecular flexibility index (Phi) is 4.82. The van der Waals surface area contributed by atoms with Crippen LogP contribution in [0.3, 0.4) is 0 Å². The van der Waals surface area contributed by atoms with Crippen LogP contribution in [0.15, 0.2) is 41.6 Å². The zero-order chi connectivity index (χ0) is 19.7. The molecule has 4 aromatic rings. The van der Waals surface area contributed by atoms with Gasteiger partial charge in [0, 0.05) is 17.5 Å². The summed E-state index contributed by atoms with van der Waals surface area (Å²) in [5, 5.41) is 8.01. The third kappa shape index (κ3) is 3.89. The number of rotatable bonds is 5. The van der Waals surface area contributed by atoms with E-state index >= 15 is 0 Å². The van der Waals surface area contributed by atoms with Crippen molar-refractivity contribution in [3.05, 3.63) is 53.5 Å². The predicted molar refractivity (Wildman–Crippen MR) is 109 cm³/mol. The number of carbonyl (C=O) groups excluding carboxylic acids is 1. The quantitative estimate of drug-likeness (QED) is 0.505. The SMILES string of the molecule is Cc1cc(C)nc(-n2nc(C)cc2NC(=O)CSc2nc3ccccc3[nH]2)n1. The molecule has 0 atom stereocenters. The number of H-pyrrole nitrogens is 1. The molecular weight excluding hydrogens is 374 g/mol. The molecular formula is C19H19N7OS. The molecule has 1 amide bonds. The zero-order valence-electron chi connectivity index (χ0n) is 15.7. The number of para-hydroxylation sites is 2. The Morgan fingerprint density at radius 3 is 2.57 bits per heavy atom. The summed E-state index contributed by atoms with van der Waals surface area (Å²) in [6.45, 7) is 5.66. The highest BCUT2D eigenvalue weighted by molar-refractivity contribution is 7.99. The Hall–Kier alpha value is -3.20. The maximum absolute atomic E-state index is 12.5. The van der Waals surface area contributed by atoms with Gasteiger partial charge >= 0.3 is 0 Å². The maximum atomic E-state index is 12.5. The topological polar surface area (TPSA) is 101 Å². The Morgan fingerprint density at radius 1 is 1.07 bits per heavy atom. The normalized spacial score (nSPS) is 11.1. The number of benzene rings is 1. The predicted octanol–water partition coefficient (Wildman–Crippen LogP) is 3.19. The second-order valence-electron chi connectivity index (χ2n) is 6.43. The third-order valence-electron chi connectivity index (χ3n) is 3.97. The minimum Gasteiger partial charge on any atom is -0.333 e. The third-order valence-corrected chi connectivity index (χ3v) is 4.84. The first-order chi connectivity index (χ1) is 13.5. The minimum absolute atomic E-state index is 0.156. The number of aromatic amines is 1. The average Bonchev–Trinajstić information content (AvgIpc) is 3.22. The van der Waals surface area contributed by atoms with E-state index in [1.165, 1.54) is 11.8 Å². The Balaban J connectivity index is 1.48. The molecule has 0 aliphatic heterocycles. The van der Waals surface area contributed by atoms with E-state index in [1.54, 1.807) is 10.7 Å². The van der Waals surface area contributed by atoms with E-state index in [1.807, 2.05) is 51.1 Å². The summed E-state index contributed by atoms with van der Waals surface area (Å²) in [5.41, 5.74) is 4.28. The van der Waals surface area contributed by atoms with Gasteiger partial charge in [0.15, 0.2) is 5.16 Å². The van der Waals surface area contributed by atoms with Crippen LogP contribution in [-0.2, 0) is 4.79 Å². The van der Waals surface area contributed by atoms with Gasteiger partial charge in [-0.1, -0.05) is 23.9 Å². The summed E-state index contributed by atoms with van der Waals surface area (Å²) in [7, 11) is 0. The molecule has 0 bridgehead atoms. The van der Waals surface area contributed by atoms with Gasteiger partial charge in [0.05, 0.1) is 22.5 Å². The number of hydrogen-bond donors (Lipinski definition) is 2. The second kappa shape index (κ2) is 7.43. The van der Waals surface area contributed by atoms with Gasteiger partial charge in [-0.15, -0.1) is 0 Å². The lowest BCUT2D eigenvalue weighted by Crippen LogP contribution is -2.18. The van der Waals surface area contributed by atoms with E-state index in [-0.39, 0.29) is 11.7 Å². The van der Waals surface area contributed by atoms with Gasteiger partial charge in [0.2, 0.25) is 5.91 Å². The fourth-order valence-electron chi connectivity index (χ4n) is 2.85. The molecule has 28 heavy (non-hydrogen) atoms. The molecule has 0 aliphatic rings. The summed E-state index contributed by atoms with van der Waals surface area (Å²) in [6.07, 6.45) is 0. The van der Waals surface area contributed by atoms with Crippen LogP contribution in [0.25, 0.3) is 17.0 Å². The van der Waals surface area contributed by atoms with Crippen molar-refractivity contribution in [2.75, 3.05) is 11.1 Å². The molecule has 3 aromatic heterocycles. The van der Waals surface area contributed by atoms with Crippen LogP contribution >= 0.6 is 11.8 Å². The van der Waals surface area contributed by atoms with Crippen molar-refractivity contribution in [1.29, 1.82) is 0 Å². The second-order valence-corrected chi connectivity index (χ2v) is 7.39. The largest absolute Gasteiger partial charge is 0.333 e. The molecule has 0 fully saturated rings. The van der Waals surface area contributed by atoms with E-state index < -0.39 is 0 Å². The molecule has 0 saturated carbocycles. The van der Waals surface area contributed by atoms with Crippen molar-refractivity contribution >= 4 is 34.5 Å². The number of amides is 1. The van der Waals surface area contributed by atoms with Crippen molar-refractivity contribution < 1.29 is 4.79 Å². The summed E-state index contributed by atoms with van der Waals surface area (Å²) in [4.78, 5) is 29.0. The number of anilines is 1. The number of nitrogens with zero attached hydrogens (tertiary/aromatic N) is 5. The average molecular weight is 393 g/mol. The zero-order valence-corrected chi connectivity index (χ0v) is 16.5. The van der Waals surface area contributed by atoms with Gasteiger partial charge in [0.25, 0.3) is 5.95 Å². The highest BCUT2D eigenvalue weighted by Crippen LogP contribution is 2.20. The van der Waals surface area contributed by atoms with Gasteiger partial charge in [-0.05, 0) is 39.0 Å². The van der Waals surface area contributed by atoms with Crippen LogP contribution in [-0.4, -0.2) is 41.4 Å². The fraction of sp³-hybridized carbons (Fsp3) is 0.211. The lowest BCUT2D eigenvalue weighted by atomic mass is 10.3. The van der Waals surface area contributed by atoms with Crippen molar-refractivity contribution in [3.8, 4) is 5.95 Å². The first-order valence-electron chi connectivity index (χ1n) is 8.74. The molecule has 8 nitrogen and oxygen atoms in total. The number of carbonyl (C=O) groups is 1. The Bertz CT molecular complexity index is 1110. The van der Waals surface area contributed by atoms with Crippen LogP contribution in [0.4, 0.5) is 5.82 Å². The molecule has 9 heteroatoms. The number of hydrogen-bond acceptors (Lipinski definition) is 6. The summed E-state index contributed by atoms with van der Waals surface area (Å²) in [5.74, 6) is 1.04. The summed E-state index contributed by atoms with van der Waals surface area (Å²) >= 11 is 1.35. The molecule has 0 saturated heterocycles. The monoisotopic (exact) mass is 393 g/mol. The van der Waals surface area contributed by atoms with Gasteiger partial charge in [-0.3, -0.25) is 4.79 Å². The smallest absolute Gasteiger partial charge is 0.252 e. The standard InChI is InChI=1S/C19H19N7OS/c1-11-8-12(2)21-18(20-11)26-16(9-13(3)25-26)24-17(27)10-28-19-22-14-6-4-5-7-15(14)23-19/h4-9H,10H2,1-3H3,(H,22,23)(H,24,27). The minimum atomic E-state index is -0.156. The molecule has 3 heterocycles.